The monoisotopic (exact) mass is 266 g/mol. The van der Waals surface area contributed by atoms with Crippen LogP contribution in [0.1, 0.15) is 24.8 Å². The molecule has 0 spiro atoms. The number of hydrogen-bond donors (Lipinski definition) is 0. The molecule has 0 aromatic heterocycles. The summed E-state index contributed by atoms with van der Waals surface area (Å²) in [5, 5.41) is 2.51. The first-order chi connectivity index (χ1) is 9.78. The minimum Gasteiger partial charge on any atom is -0.465 e. The Kier molecular flexibility index (Phi) is 2.59. The molecule has 0 amide bonds. The van der Waals surface area contributed by atoms with Gasteiger partial charge in [0, 0.05) is 5.92 Å². The van der Waals surface area contributed by atoms with Gasteiger partial charge in [0.25, 0.3) is 0 Å². The SMILES string of the molecule is O=C1OC[C@H]2CCC[C@@]12Cc1ccc2ccccc2c1. The number of benzene rings is 2. The van der Waals surface area contributed by atoms with Crippen LogP contribution in [-0.4, -0.2) is 12.6 Å². The number of carbonyl (C=O) groups is 1. The van der Waals surface area contributed by atoms with Crippen molar-refractivity contribution in [2.75, 3.05) is 6.61 Å². The number of cyclic esters (lactones) is 1. The molecule has 1 aliphatic heterocycles. The minimum atomic E-state index is -0.234. The van der Waals surface area contributed by atoms with Gasteiger partial charge in [-0.25, -0.2) is 0 Å². The summed E-state index contributed by atoms with van der Waals surface area (Å²) in [6, 6.07) is 14.9. The predicted molar refractivity (Wildman–Crippen MR) is 78.4 cm³/mol. The first-order valence-electron chi connectivity index (χ1n) is 7.43. The van der Waals surface area contributed by atoms with Gasteiger partial charge in [-0.2, -0.15) is 0 Å². The highest BCUT2D eigenvalue weighted by Crippen LogP contribution is 2.50. The van der Waals surface area contributed by atoms with Crippen molar-refractivity contribution in [3.63, 3.8) is 0 Å². The maximum absolute atomic E-state index is 12.2. The van der Waals surface area contributed by atoms with Crippen molar-refractivity contribution in [2.24, 2.45) is 11.3 Å². The number of fused-ring (bicyclic) bond motifs is 2. The summed E-state index contributed by atoms with van der Waals surface area (Å²) < 4.78 is 5.34. The molecule has 0 bridgehead atoms. The van der Waals surface area contributed by atoms with E-state index in [0.29, 0.717) is 12.5 Å². The Morgan fingerprint density at radius 3 is 2.90 bits per heavy atom. The standard InChI is InChI=1S/C18H18O2/c19-17-18(9-3-6-16(18)12-20-17)11-13-7-8-14-4-1-2-5-15(14)10-13/h1-2,4-5,7-8,10,16H,3,6,9,11-12H2/t16-,18+/m1/s1. The molecule has 2 heteroatoms. The van der Waals surface area contributed by atoms with E-state index in [1.165, 1.54) is 16.3 Å². The van der Waals surface area contributed by atoms with Crippen LogP contribution in [0.2, 0.25) is 0 Å². The third-order valence-electron chi connectivity index (χ3n) is 5.11. The first-order valence-corrected chi connectivity index (χ1v) is 7.43. The molecular weight excluding hydrogens is 248 g/mol. The maximum Gasteiger partial charge on any atom is 0.312 e. The van der Waals surface area contributed by atoms with Crippen LogP contribution in [0.15, 0.2) is 42.5 Å². The van der Waals surface area contributed by atoms with Crippen LogP contribution < -0.4 is 0 Å². The molecule has 4 rings (SSSR count). The maximum atomic E-state index is 12.2. The third-order valence-corrected chi connectivity index (χ3v) is 5.11. The van der Waals surface area contributed by atoms with Crippen LogP contribution in [-0.2, 0) is 16.0 Å². The number of esters is 1. The van der Waals surface area contributed by atoms with Gasteiger partial charge in [0.15, 0.2) is 0 Å². The van der Waals surface area contributed by atoms with E-state index in [-0.39, 0.29) is 11.4 Å². The zero-order chi connectivity index (χ0) is 13.6. The van der Waals surface area contributed by atoms with Crippen LogP contribution >= 0.6 is 0 Å². The highest BCUT2D eigenvalue weighted by Gasteiger charge is 2.54. The molecular formula is C18H18O2. The summed E-state index contributed by atoms with van der Waals surface area (Å²) in [5.74, 6) is 0.467. The Hall–Kier alpha value is -1.83. The van der Waals surface area contributed by atoms with Gasteiger partial charge in [-0.1, -0.05) is 48.9 Å². The second-order valence-corrected chi connectivity index (χ2v) is 6.20. The van der Waals surface area contributed by atoms with E-state index >= 15 is 0 Å². The van der Waals surface area contributed by atoms with Gasteiger partial charge in [-0.15, -0.1) is 0 Å². The van der Waals surface area contributed by atoms with E-state index in [1.54, 1.807) is 0 Å². The summed E-state index contributed by atoms with van der Waals surface area (Å²) in [6.07, 6.45) is 4.12. The normalized spacial score (nSPS) is 28.6. The van der Waals surface area contributed by atoms with Crippen molar-refractivity contribution < 1.29 is 9.53 Å². The molecule has 2 aromatic carbocycles. The lowest BCUT2D eigenvalue weighted by atomic mass is 9.75. The molecule has 1 aliphatic carbocycles. The number of ether oxygens (including phenoxy) is 1. The first kappa shape index (κ1) is 12.0. The van der Waals surface area contributed by atoms with Crippen LogP contribution in [0.4, 0.5) is 0 Å². The van der Waals surface area contributed by atoms with Crippen molar-refractivity contribution in [3.8, 4) is 0 Å². The van der Waals surface area contributed by atoms with E-state index < -0.39 is 0 Å². The fourth-order valence-corrected chi connectivity index (χ4v) is 3.99. The smallest absolute Gasteiger partial charge is 0.312 e. The number of hydrogen-bond acceptors (Lipinski definition) is 2. The van der Waals surface area contributed by atoms with Gasteiger partial charge in [0.1, 0.15) is 0 Å². The summed E-state index contributed by atoms with van der Waals surface area (Å²) >= 11 is 0. The summed E-state index contributed by atoms with van der Waals surface area (Å²) in [5.41, 5.74) is 1.03. The highest BCUT2D eigenvalue weighted by atomic mass is 16.5. The van der Waals surface area contributed by atoms with Gasteiger partial charge in [-0.3, -0.25) is 4.79 Å². The molecule has 2 aliphatic rings. The minimum absolute atomic E-state index is 0.0353. The molecule has 1 saturated carbocycles. The molecule has 1 heterocycles. The van der Waals surface area contributed by atoms with Crippen LogP contribution in [0.5, 0.6) is 0 Å². The lowest BCUT2D eigenvalue weighted by Crippen LogP contribution is -2.31. The van der Waals surface area contributed by atoms with E-state index in [0.717, 1.165) is 25.7 Å². The van der Waals surface area contributed by atoms with Crippen molar-refractivity contribution >= 4 is 16.7 Å². The molecule has 2 atom stereocenters. The fourth-order valence-electron chi connectivity index (χ4n) is 3.99. The van der Waals surface area contributed by atoms with E-state index in [2.05, 4.69) is 42.5 Å². The molecule has 2 nitrogen and oxygen atoms in total. The van der Waals surface area contributed by atoms with E-state index in [1.807, 2.05) is 0 Å². The lowest BCUT2D eigenvalue weighted by molar-refractivity contribution is -0.146. The zero-order valence-electron chi connectivity index (χ0n) is 11.5. The topological polar surface area (TPSA) is 26.3 Å². The summed E-state index contributed by atoms with van der Waals surface area (Å²) in [6.45, 7) is 0.631. The average molecular weight is 266 g/mol. The van der Waals surface area contributed by atoms with E-state index in [9.17, 15) is 4.79 Å². The Morgan fingerprint density at radius 1 is 1.15 bits per heavy atom. The van der Waals surface area contributed by atoms with Gasteiger partial charge < -0.3 is 4.74 Å². The Bertz CT molecular complexity index is 676. The van der Waals surface area contributed by atoms with Crippen molar-refractivity contribution in [2.45, 2.75) is 25.7 Å². The number of carbonyl (C=O) groups excluding carboxylic acids is 1. The van der Waals surface area contributed by atoms with Gasteiger partial charge in [0.2, 0.25) is 0 Å². The highest BCUT2D eigenvalue weighted by molar-refractivity contribution is 5.84. The molecule has 0 unspecified atom stereocenters. The largest absolute Gasteiger partial charge is 0.465 e. The summed E-state index contributed by atoms with van der Waals surface area (Å²) in [7, 11) is 0. The number of rotatable bonds is 2. The second-order valence-electron chi connectivity index (χ2n) is 6.20. The Morgan fingerprint density at radius 2 is 2.00 bits per heavy atom. The average Bonchev–Trinajstić information content (AvgIpc) is 3.00. The molecule has 2 fully saturated rings. The molecule has 1 saturated heterocycles. The van der Waals surface area contributed by atoms with Crippen LogP contribution in [0.25, 0.3) is 10.8 Å². The van der Waals surface area contributed by atoms with Crippen LogP contribution in [0.3, 0.4) is 0 Å². The van der Waals surface area contributed by atoms with Crippen molar-refractivity contribution in [1.29, 1.82) is 0 Å². The quantitative estimate of drug-likeness (QED) is 0.774. The van der Waals surface area contributed by atoms with Gasteiger partial charge in [0.05, 0.1) is 12.0 Å². The predicted octanol–water partition coefficient (Wildman–Crippen LogP) is 3.73. The molecule has 2 aromatic rings. The summed E-state index contributed by atoms with van der Waals surface area (Å²) in [4.78, 5) is 12.2. The van der Waals surface area contributed by atoms with Crippen molar-refractivity contribution in [3.05, 3.63) is 48.0 Å². The van der Waals surface area contributed by atoms with E-state index in [4.69, 9.17) is 4.74 Å². The molecule has 20 heavy (non-hydrogen) atoms. The second kappa shape index (κ2) is 4.34. The van der Waals surface area contributed by atoms with Gasteiger partial charge in [-0.05, 0) is 35.6 Å². The lowest BCUT2D eigenvalue weighted by Gasteiger charge is -2.24. The zero-order valence-corrected chi connectivity index (χ0v) is 11.5. The molecule has 0 radical (unpaired) electrons. The fraction of sp³-hybridized carbons (Fsp3) is 0.389. The van der Waals surface area contributed by atoms with Crippen molar-refractivity contribution in [1.82, 2.24) is 0 Å². The Balaban J connectivity index is 1.71. The van der Waals surface area contributed by atoms with Gasteiger partial charge >= 0.3 is 5.97 Å². The third kappa shape index (κ3) is 1.67. The molecule has 0 N–H and O–H groups in total. The Labute approximate surface area is 118 Å². The van der Waals surface area contributed by atoms with Crippen LogP contribution in [0, 0.1) is 11.3 Å². The molecule has 102 valence electrons.